The first-order valence-corrected chi connectivity index (χ1v) is 11.4. The molecule has 9 heteroatoms. The van der Waals surface area contributed by atoms with Crippen LogP contribution in [0.5, 0.6) is 11.5 Å². The van der Waals surface area contributed by atoms with Crippen molar-refractivity contribution in [3.63, 3.8) is 0 Å². The van der Waals surface area contributed by atoms with Gasteiger partial charge in [-0.2, -0.15) is 0 Å². The number of nitrogens with zero attached hydrogens (tertiary/aromatic N) is 3. The summed E-state index contributed by atoms with van der Waals surface area (Å²) in [5.41, 5.74) is 2.78. The monoisotopic (exact) mass is 447 g/mol. The molecule has 1 aliphatic heterocycles. The lowest BCUT2D eigenvalue weighted by Gasteiger charge is -2.13. The van der Waals surface area contributed by atoms with Crippen molar-refractivity contribution in [3.05, 3.63) is 48.7 Å². The number of aromatic nitrogens is 4. The molecule has 162 valence electrons. The zero-order valence-corrected chi connectivity index (χ0v) is 18.2. The number of aromatic amines is 1. The Morgan fingerprint density at radius 1 is 1.19 bits per heavy atom. The molecule has 1 aliphatic carbocycles. The number of hydrogen-bond donors (Lipinski definition) is 2. The Hall–Kier alpha value is -3.46. The Morgan fingerprint density at radius 2 is 2.03 bits per heavy atom. The topological polar surface area (TPSA) is 94.1 Å². The average Bonchev–Trinajstić information content (AvgIpc) is 3.20. The van der Waals surface area contributed by atoms with E-state index in [1.54, 1.807) is 12.1 Å². The van der Waals surface area contributed by atoms with Crippen LogP contribution >= 0.6 is 11.8 Å². The number of carbonyl (C=O) groups is 1. The van der Waals surface area contributed by atoms with Crippen LogP contribution in [0.4, 0.5) is 5.69 Å². The minimum atomic E-state index is -0.349. The Balaban J connectivity index is 1.24. The second-order valence-corrected chi connectivity index (χ2v) is 9.28. The van der Waals surface area contributed by atoms with E-state index in [1.165, 1.54) is 11.8 Å². The van der Waals surface area contributed by atoms with Gasteiger partial charge >= 0.3 is 0 Å². The summed E-state index contributed by atoms with van der Waals surface area (Å²) in [7, 11) is 0. The number of rotatable bonds is 6. The molecule has 2 aromatic carbocycles. The van der Waals surface area contributed by atoms with E-state index in [0.29, 0.717) is 23.2 Å². The van der Waals surface area contributed by atoms with E-state index in [4.69, 9.17) is 9.47 Å². The molecule has 1 saturated carbocycles. The van der Waals surface area contributed by atoms with Crippen LogP contribution in [0.25, 0.3) is 22.3 Å². The highest BCUT2D eigenvalue weighted by Crippen LogP contribution is 2.43. The van der Waals surface area contributed by atoms with Crippen molar-refractivity contribution in [3.8, 4) is 22.9 Å². The molecule has 0 spiro atoms. The molecule has 32 heavy (non-hydrogen) atoms. The third-order valence-electron chi connectivity index (χ3n) is 5.70. The number of ether oxygens (including phenoxy) is 2. The Kier molecular flexibility index (Phi) is 4.57. The van der Waals surface area contributed by atoms with Gasteiger partial charge in [0, 0.05) is 40.5 Å². The van der Waals surface area contributed by atoms with E-state index < -0.39 is 0 Å². The van der Waals surface area contributed by atoms with Gasteiger partial charge in [0.2, 0.25) is 12.7 Å². The Bertz CT molecular complexity index is 1330. The van der Waals surface area contributed by atoms with Crippen molar-refractivity contribution in [1.82, 2.24) is 19.7 Å². The minimum absolute atomic E-state index is 0.104. The highest BCUT2D eigenvalue weighted by Gasteiger charge is 2.32. The van der Waals surface area contributed by atoms with Gasteiger partial charge in [0.25, 0.3) is 0 Å². The summed E-state index contributed by atoms with van der Waals surface area (Å²) in [6.07, 6.45) is 4.18. The van der Waals surface area contributed by atoms with Crippen molar-refractivity contribution >= 4 is 34.3 Å². The molecule has 0 unspecified atom stereocenters. The summed E-state index contributed by atoms with van der Waals surface area (Å²) < 4.78 is 12.9. The van der Waals surface area contributed by atoms with Crippen LogP contribution < -0.4 is 14.8 Å². The zero-order valence-electron chi connectivity index (χ0n) is 17.4. The minimum Gasteiger partial charge on any atom is -0.454 e. The molecule has 3 heterocycles. The standard InChI is InChI=1S/C23H21N5O3S/c1-13(22(29)25-14-6-9-19-20(10-14)31-12-30-19)32-23-27-26-21(28(23)15-7-8-15)17-11-24-18-5-3-2-4-16(17)18/h2-6,9-11,13,15,24H,7-8,12H2,1H3,(H,25,29)/t13-/m0/s1. The van der Waals surface area contributed by atoms with Gasteiger partial charge in [-0.25, -0.2) is 0 Å². The van der Waals surface area contributed by atoms with Crippen LogP contribution in [0.15, 0.2) is 53.8 Å². The Morgan fingerprint density at radius 3 is 2.91 bits per heavy atom. The fraction of sp³-hybridized carbons (Fsp3) is 0.261. The van der Waals surface area contributed by atoms with E-state index in [9.17, 15) is 4.79 Å². The van der Waals surface area contributed by atoms with Crippen LogP contribution in [0.1, 0.15) is 25.8 Å². The second-order valence-electron chi connectivity index (χ2n) is 7.97. The lowest BCUT2D eigenvalue weighted by Crippen LogP contribution is -2.22. The fourth-order valence-electron chi connectivity index (χ4n) is 3.89. The zero-order chi connectivity index (χ0) is 21.7. The quantitative estimate of drug-likeness (QED) is 0.419. The van der Waals surface area contributed by atoms with E-state index in [-0.39, 0.29) is 18.0 Å². The summed E-state index contributed by atoms with van der Waals surface area (Å²) in [6, 6.07) is 13.9. The molecular weight excluding hydrogens is 426 g/mol. The smallest absolute Gasteiger partial charge is 0.237 e. The van der Waals surface area contributed by atoms with Gasteiger partial charge in [0.05, 0.1) is 5.25 Å². The normalized spacial score (nSPS) is 15.8. The first-order chi connectivity index (χ1) is 15.7. The van der Waals surface area contributed by atoms with Crippen molar-refractivity contribution in [2.45, 2.75) is 36.2 Å². The molecule has 2 N–H and O–H groups in total. The molecule has 6 rings (SSSR count). The molecule has 8 nitrogen and oxygen atoms in total. The van der Waals surface area contributed by atoms with Gasteiger partial charge in [0.1, 0.15) is 0 Å². The maximum Gasteiger partial charge on any atom is 0.237 e. The number of thioether (sulfide) groups is 1. The summed E-state index contributed by atoms with van der Waals surface area (Å²) in [5, 5.41) is 13.5. The van der Waals surface area contributed by atoms with Gasteiger partial charge < -0.3 is 19.8 Å². The van der Waals surface area contributed by atoms with Crippen molar-refractivity contribution < 1.29 is 14.3 Å². The molecule has 1 atom stereocenters. The first-order valence-electron chi connectivity index (χ1n) is 10.6. The molecule has 0 bridgehead atoms. The predicted molar refractivity (Wildman–Crippen MR) is 122 cm³/mol. The van der Waals surface area contributed by atoms with Gasteiger partial charge in [-0.05, 0) is 38.0 Å². The number of carbonyl (C=O) groups excluding carboxylic acids is 1. The van der Waals surface area contributed by atoms with E-state index in [1.807, 2.05) is 31.3 Å². The molecular formula is C23H21N5O3S. The molecule has 2 aromatic heterocycles. The number of para-hydroxylation sites is 1. The van der Waals surface area contributed by atoms with Crippen molar-refractivity contribution in [1.29, 1.82) is 0 Å². The predicted octanol–water partition coefficient (Wildman–Crippen LogP) is 4.61. The van der Waals surface area contributed by atoms with Crippen LogP contribution in [-0.4, -0.2) is 37.7 Å². The highest BCUT2D eigenvalue weighted by molar-refractivity contribution is 8.00. The van der Waals surface area contributed by atoms with Gasteiger partial charge in [-0.1, -0.05) is 30.0 Å². The van der Waals surface area contributed by atoms with Crippen LogP contribution in [0.2, 0.25) is 0 Å². The Labute approximate surface area is 188 Å². The molecule has 0 radical (unpaired) electrons. The van der Waals surface area contributed by atoms with Gasteiger partial charge in [-0.15, -0.1) is 10.2 Å². The maximum atomic E-state index is 12.9. The second kappa shape index (κ2) is 7.59. The third-order valence-corrected chi connectivity index (χ3v) is 6.76. The van der Waals surface area contributed by atoms with Crippen LogP contribution in [0, 0.1) is 0 Å². The average molecular weight is 448 g/mol. The SMILES string of the molecule is C[C@H](Sc1nnc(-c2c[nH]c3ccccc23)n1C1CC1)C(=O)Nc1ccc2c(c1)OCO2. The number of anilines is 1. The number of H-pyrrole nitrogens is 1. The summed E-state index contributed by atoms with van der Waals surface area (Å²) in [5.74, 6) is 2.07. The van der Waals surface area contributed by atoms with Gasteiger partial charge in [-0.3, -0.25) is 9.36 Å². The summed E-state index contributed by atoms with van der Waals surface area (Å²) >= 11 is 1.43. The molecule has 4 aromatic rings. The summed E-state index contributed by atoms with van der Waals surface area (Å²) in [4.78, 5) is 16.2. The lowest BCUT2D eigenvalue weighted by molar-refractivity contribution is -0.115. The number of nitrogens with one attached hydrogen (secondary N) is 2. The maximum absolute atomic E-state index is 12.9. The number of benzene rings is 2. The lowest BCUT2D eigenvalue weighted by atomic mass is 10.1. The molecule has 0 saturated heterocycles. The third kappa shape index (κ3) is 3.38. The first kappa shape index (κ1) is 19.2. The molecule has 1 amide bonds. The molecule has 2 aliphatic rings. The van der Waals surface area contributed by atoms with Crippen molar-refractivity contribution in [2.24, 2.45) is 0 Å². The number of hydrogen-bond acceptors (Lipinski definition) is 6. The van der Waals surface area contributed by atoms with Crippen molar-refractivity contribution in [2.75, 3.05) is 12.1 Å². The number of fused-ring (bicyclic) bond motifs is 2. The summed E-state index contributed by atoms with van der Waals surface area (Å²) in [6.45, 7) is 2.08. The van der Waals surface area contributed by atoms with E-state index in [0.717, 1.165) is 40.3 Å². The van der Waals surface area contributed by atoms with E-state index in [2.05, 4.69) is 37.2 Å². The largest absolute Gasteiger partial charge is 0.454 e. The van der Waals surface area contributed by atoms with Crippen LogP contribution in [-0.2, 0) is 4.79 Å². The number of amides is 1. The van der Waals surface area contributed by atoms with E-state index >= 15 is 0 Å². The van der Waals surface area contributed by atoms with Gasteiger partial charge in [0.15, 0.2) is 22.5 Å². The highest BCUT2D eigenvalue weighted by atomic mass is 32.2. The molecule has 1 fully saturated rings. The fourth-order valence-corrected chi connectivity index (χ4v) is 4.81. The van der Waals surface area contributed by atoms with Crippen LogP contribution in [0.3, 0.4) is 0 Å².